The third-order valence-electron chi connectivity index (χ3n) is 3.46. The van der Waals surface area contributed by atoms with Crippen LogP contribution >= 0.6 is 35.4 Å². The summed E-state index contributed by atoms with van der Waals surface area (Å²) in [4.78, 5) is 6.64. The molecule has 0 aliphatic carbocycles. The molecule has 1 saturated heterocycles. The number of nitrogens with zero attached hydrogens (tertiary/aromatic N) is 2. The second kappa shape index (κ2) is 7.71. The molecule has 1 fully saturated rings. The lowest BCUT2D eigenvalue weighted by Gasteiger charge is -2.41. The molecule has 2 aliphatic heterocycles. The summed E-state index contributed by atoms with van der Waals surface area (Å²) in [5.74, 6) is 2.40. The zero-order valence-corrected chi connectivity index (χ0v) is 14.0. The maximum atomic E-state index is 9.63. The highest BCUT2D eigenvalue weighted by molar-refractivity contribution is 8.24. The van der Waals surface area contributed by atoms with Crippen LogP contribution in [0.15, 0.2) is 12.1 Å². The minimum Gasteiger partial charge on any atom is -0.476 e. The Balaban J connectivity index is 0.00000110. The quantitative estimate of drug-likeness (QED) is 0.713. The standard InChI is InChI=1S/C12H19N3O3S.2ClH/c16-19(17)7-4-15(5-8-19)11-2-1-10-9-13-3-6-18-12(10)14-11;;/h1-2,13,16-17H,3-9H2;2*1H. The molecule has 0 saturated carbocycles. The zero-order valence-electron chi connectivity index (χ0n) is 11.5. The van der Waals surface area contributed by atoms with E-state index in [0.29, 0.717) is 37.1 Å². The fraction of sp³-hybridized carbons (Fsp3) is 0.583. The number of nitrogens with one attached hydrogen (secondary N) is 1. The predicted molar refractivity (Wildman–Crippen MR) is 90.7 cm³/mol. The Labute approximate surface area is 138 Å². The molecule has 0 radical (unpaired) electrons. The van der Waals surface area contributed by atoms with Crippen LogP contribution in [-0.2, 0) is 6.54 Å². The predicted octanol–water partition coefficient (Wildman–Crippen LogP) is 1.98. The van der Waals surface area contributed by atoms with Crippen LogP contribution in [0.5, 0.6) is 5.88 Å². The number of pyridine rings is 1. The van der Waals surface area contributed by atoms with E-state index in [9.17, 15) is 9.11 Å². The Bertz CT molecular complexity index is 469. The molecule has 0 bridgehead atoms. The van der Waals surface area contributed by atoms with Crippen molar-refractivity contribution in [1.82, 2.24) is 10.3 Å². The molecule has 0 aromatic carbocycles. The van der Waals surface area contributed by atoms with E-state index in [0.717, 1.165) is 24.5 Å². The molecule has 3 heterocycles. The van der Waals surface area contributed by atoms with E-state index in [1.54, 1.807) is 0 Å². The molecule has 0 unspecified atom stereocenters. The Kier molecular flexibility index (Phi) is 6.83. The topological polar surface area (TPSA) is 77.9 Å². The van der Waals surface area contributed by atoms with E-state index in [2.05, 4.69) is 15.2 Å². The van der Waals surface area contributed by atoms with E-state index >= 15 is 0 Å². The minimum absolute atomic E-state index is 0. The summed E-state index contributed by atoms with van der Waals surface area (Å²) in [6, 6.07) is 4.01. The van der Waals surface area contributed by atoms with Gasteiger partial charge >= 0.3 is 0 Å². The smallest absolute Gasteiger partial charge is 0.219 e. The average molecular weight is 358 g/mol. The van der Waals surface area contributed by atoms with Crippen LogP contribution < -0.4 is 15.0 Å². The minimum atomic E-state index is -2.36. The summed E-state index contributed by atoms with van der Waals surface area (Å²) < 4.78 is 24.9. The third kappa shape index (κ3) is 4.51. The summed E-state index contributed by atoms with van der Waals surface area (Å²) in [6.07, 6.45) is 0. The molecule has 0 atom stereocenters. The molecule has 1 aromatic heterocycles. The molecule has 0 spiro atoms. The van der Waals surface area contributed by atoms with Gasteiger partial charge in [0.2, 0.25) is 5.88 Å². The van der Waals surface area contributed by atoms with E-state index in [1.165, 1.54) is 0 Å². The van der Waals surface area contributed by atoms with Crippen LogP contribution in [0.2, 0.25) is 0 Å². The zero-order chi connectivity index (χ0) is 13.3. The Morgan fingerprint density at radius 3 is 2.62 bits per heavy atom. The van der Waals surface area contributed by atoms with Gasteiger partial charge in [0, 0.05) is 31.7 Å². The van der Waals surface area contributed by atoms with E-state index in [1.807, 2.05) is 12.1 Å². The first-order chi connectivity index (χ1) is 9.14. The van der Waals surface area contributed by atoms with Gasteiger partial charge in [-0.25, -0.2) is 0 Å². The van der Waals surface area contributed by atoms with Crippen molar-refractivity contribution in [3.8, 4) is 5.88 Å². The van der Waals surface area contributed by atoms with E-state index < -0.39 is 10.6 Å². The van der Waals surface area contributed by atoms with Gasteiger partial charge in [-0.3, -0.25) is 9.11 Å². The molecule has 0 amide bonds. The number of fused-ring (bicyclic) bond motifs is 1. The third-order valence-corrected chi connectivity index (χ3v) is 5.13. The first-order valence-electron chi connectivity index (χ1n) is 6.46. The van der Waals surface area contributed by atoms with Crippen molar-refractivity contribution in [2.75, 3.05) is 42.6 Å². The molecule has 3 N–H and O–H groups in total. The normalized spacial score (nSPS) is 21.7. The SMILES string of the molecule is Cl.Cl.OS1(O)CCN(c2ccc3c(n2)OCCNC3)CC1. The van der Waals surface area contributed by atoms with Gasteiger partial charge in [0.15, 0.2) is 0 Å². The Morgan fingerprint density at radius 1 is 1.19 bits per heavy atom. The lowest BCUT2D eigenvalue weighted by atomic mass is 10.2. The molecule has 21 heavy (non-hydrogen) atoms. The van der Waals surface area contributed by atoms with Crippen LogP contribution in [0.4, 0.5) is 5.82 Å². The number of hydrogen-bond donors (Lipinski definition) is 3. The highest BCUT2D eigenvalue weighted by atomic mass is 35.5. The lowest BCUT2D eigenvalue weighted by molar-refractivity contribution is 0.314. The second-order valence-electron chi connectivity index (χ2n) is 4.86. The molecule has 2 aliphatic rings. The van der Waals surface area contributed by atoms with Gasteiger partial charge in [-0.15, -0.1) is 24.8 Å². The van der Waals surface area contributed by atoms with Crippen LogP contribution in [0.3, 0.4) is 0 Å². The highest BCUT2D eigenvalue weighted by Gasteiger charge is 2.23. The fourth-order valence-corrected chi connectivity index (χ4v) is 3.52. The van der Waals surface area contributed by atoms with Gasteiger partial charge in [0.25, 0.3) is 0 Å². The van der Waals surface area contributed by atoms with Crippen molar-refractivity contribution >= 4 is 41.2 Å². The van der Waals surface area contributed by atoms with Crippen molar-refractivity contribution in [2.45, 2.75) is 6.54 Å². The Hall–Kier alpha value is -0.440. The monoisotopic (exact) mass is 357 g/mol. The van der Waals surface area contributed by atoms with Crippen molar-refractivity contribution in [2.24, 2.45) is 0 Å². The van der Waals surface area contributed by atoms with Gasteiger partial charge in [-0.1, -0.05) is 0 Å². The first kappa shape index (κ1) is 18.6. The molecule has 122 valence electrons. The van der Waals surface area contributed by atoms with Crippen LogP contribution in [0.1, 0.15) is 5.56 Å². The van der Waals surface area contributed by atoms with Gasteiger partial charge < -0.3 is 15.0 Å². The van der Waals surface area contributed by atoms with Crippen LogP contribution in [-0.4, -0.2) is 51.8 Å². The van der Waals surface area contributed by atoms with Crippen LogP contribution in [0, 0.1) is 0 Å². The fourth-order valence-electron chi connectivity index (χ4n) is 2.29. The van der Waals surface area contributed by atoms with Gasteiger partial charge in [-0.2, -0.15) is 15.6 Å². The van der Waals surface area contributed by atoms with Gasteiger partial charge in [0.1, 0.15) is 12.4 Å². The second-order valence-corrected chi connectivity index (χ2v) is 7.28. The maximum Gasteiger partial charge on any atom is 0.219 e. The summed E-state index contributed by atoms with van der Waals surface area (Å²) >= 11 is 0. The summed E-state index contributed by atoms with van der Waals surface area (Å²) in [5.41, 5.74) is 1.07. The molecule has 9 heteroatoms. The first-order valence-corrected chi connectivity index (χ1v) is 8.34. The molecule has 6 nitrogen and oxygen atoms in total. The van der Waals surface area contributed by atoms with Crippen molar-refractivity contribution in [3.63, 3.8) is 0 Å². The van der Waals surface area contributed by atoms with Crippen molar-refractivity contribution < 1.29 is 13.8 Å². The van der Waals surface area contributed by atoms with E-state index in [4.69, 9.17) is 4.74 Å². The number of aromatic nitrogens is 1. The maximum absolute atomic E-state index is 9.63. The number of rotatable bonds is 1. The summed E-state index contributed by atoms with van der Waals surface area (Å²) in [5, 5.41) is 3.27. The van der Waals surface area contributed by atoms with E-state index in [-0.39, 0.29) is 24.8 Å². The average Bonchev–Trinajstić information content (AvgIpc) is 2.63. The summed E-state index contributed by atoms with van der Waals surface area (Å²) in [6.45, 7) is 3.50. The van der Waals surface area contributed by atoms with Crippen molar-refractivity contribution in [1.29, 1.82) is 0 Å². The Morgan fingerprint density at radius 2 is 1.90 bits per heavy atom. The number of halogens is 2. The lowest BCUT2D eigenvalue weighted by Crippen LogP contribution is -2.38. The molecule has 3 rings (SSSR count). The number of ether oxygens (including phenoxy) is 1. The van der Waals surface area contributed by atoms with Crippen LogP contribution in [0.25, 0.3) is 0 Å². The largest absolute Gasteiger partial charge is 0.476 e. The number of hydrogen-bond acceptors (Lipinski definition) is 6. The highest BCUT2D eigenvalue weighted by Crippen LogP contribution is 2.41. The summed E-state index contributed by atoms with van der Waals surface area (Å²) in [7, 11) is -2.36. The van der Waals surface area contributed by atoms with Gasteiger partial charge in [-0.05, 0) is 12.1 Å². The van der Waals surface area contributed by atoms with Crippen molar-refractivity contribution in [3.05, 3.63) is 17.7 Å². The molecule has 1 aromatic rings. The number of anilines is 1. The van der Waals surface area contributed by atoms with Gasteiger partial charge in [0.05, 0.1) is 11.5 Å². The molecular weight excluding hydrogens is 337 g/mol. The molecular formula is C12H21Cl2N3O3S.